The molecule has 1 saturated heterocycles. The van der Waals surface area contributed by atoms with Gasteiger partial charge >= 0.3 is 23.5 Å². The fourth-order valence-corrected chi connectivity index (χ4v) is 0.790. The van der Waals surface area contributed by atoms with Crippen LogP contribution in [0.15, 0.2) is 14.4 Å². The van der Waals surface area contributed by atoms with Crippen LogP contribution in [0.4, 0.5) is 0 Å². The summed E-state index contributed by atoms with van der Waals surface area (Å²) in [6.45, 7) is 0. The van der Waals surface area contributed by atoms with Gasteiger partial charge in [-0.15, -0.1) is 9.78 Å². The number of aromatic amines is 2. The van der Waals surface area contributed by atoms with Crippen LogP contribution in [-0.4, -0.2) is 14.5 Å². The Morgan fingerprint density at radius 3 is 2.00 bits per heavy atom. The second-order valence-electron chi connectivity index (χ2n) is 2.13. The van der Waals surface area contributed by atoms with Crippen molar-refractivity contribution in [2.24, 2.45) is 0 Å². The fraction of sp³-hybridized carbons (Fsp3) is 0.250. The molecule has 0 atom stereocenters. The third-order valence-electron chi connectivity index (χ3n) is 1.33. The molecule has 9 heteroatoms. The zero-order valence-corrected chi connectivity index (χ0v) is 5.97. The van der Waals surface area contributed by atoms with E-state index in [0.717, 1.165) is 0 Å². The monoisotopic (exact) mass is 189 g/mol. The molecule has 1 aromatic heterocycles. The summed E-state index contributed by atoms with van der Waals surface area (Å²) in [6.07, 6.45) is -1.26. The minimum Gasteiger partial charge on any atom is -0.259 e. The second-order valence-corrected chi connectivity index (χ2v) is 2.13. The van der Waals surface area contributed by atoms with Crippen molar-refractivity contribution in [3.63, 3.8) is 0 Å². The first-order chi connectivity index (χ1) is 6.18. The molecule has 0 amide bonds. The lowest BCUT2D eigenvalue weighted by atomic mass is 10.8. The molecule has 0 saturated carbocycles. The Morgan fingerprint density at radius 2 is 1.62 bits per heavy atom. The average Bonchev–Trinajstić information content (AvgIpc) is 1.92. The van der Waals surface area contributed by atoms with E-state index < -0.39 is 23.5 Å². The minimum atomic E-state index is -1.26. The van der Waals surface area contributed by atoms with Gasteiger partial charge in [0.05, 0.1) is 0 Å². The number of hydrogen-bond acceptors (Lipinski definition) is 6. The molecule has 0 unspecified atom stereocenters. The van der Waals surface area contributed by atoms with Gasteiger partial charge in [0.15, 0.2) is 0 Å². The summed E-state index contributed by atoms with van der Waals surface area (Å²) in [6, 6.07) is 0. The van der Waals surface area contributed by atoms with Gasteiger partial charge in [0.2, 0.25) is 0 Å². The standard InChI is InChI=1S/C4H3N3O6/c8-1-5-2(9)7(3(10)6-1)4-11-13-12-4/h4H,(H2,5,6,8,9,10). The summed E-state index contributed by atoms with van der Waals surface area (Å²) < 4.78 is 0.505. The van der Waals surface area contributed by atoms with Gasteiger partial charge in [-0.1, -0.05) is 5.04 Å². The SMILES string of the molecule is O=c1[nH]c(=O)n(C2OOO2)c(=O)[nH]1. The van der Waals surface area contributed by atoms with Gasteiger partial charge in [0, 0.05) is 0 Å². The predicted molar refractivity (Wildman–Crippen MR) is 34.2 cm³/mol. The predicted octanol–water partition coefficient (Wildman–Crippen LogP) is -2.43. The van der Waals surface area contributed by atoms with E-state index >= 15 is 0 Å². The Hall–Kier alpha value is -1.71. The molecule has 0 bridgehead atoms. The van der Waals surface area contributed by atoms with Crippen LogP contribution in [0.25, 0.3) is 0 Å². The van der Waals surface area contributed by atoms with Crippen LogP contribution in [0.2, 0.25) is 0 Å². The van der Waals surface area contributed by atoms with Gasteiger partial charge in [-0.25, -0.2) is 14.4 Å². The summed E-state index contributed by atoms with van der Waals surface area (Å²) in [5.74, 6) is 0. The van der Waals surface area contributed by atoms with Crippen LogP contribution in [0.1, 0.15) is 6.41 Å². The van der Waals surface area contributed by atoms with Crippen molar-refractivity contribution < 1.29 is 14.8 Å². The lowest BCUT2D eigenvalue weighted by molar-refractivity contribution is -0.714. The van der Waals surface area contributed by atoms with Crippen LogP contribution in [-0.2, 0) is 14.8 Å². The van der Waals surface area contributed by atoms with Crippen molar-refractivity contribution in [3.05, 3.63) is 31.5 Å². The van der Waals surface area contributed by atoms with E-state index in [1.54, 1.807) is 0 Å². The van der Waals surface area contributed by atoms with Gasteiger partial charge in [0.1, 0.15) is 0 Å². The highest BCUT2D eigenvalue weighted by atomic mass is 17.6. The van der Waals surface area contributed by atoms with Crippen LogP contribution in [0.3, 0.4) is 0 Å². The van der Waals surface area contributed by atoms with Crippen molar-refractivity contribution in [2.75, 3.05) is 0 Å². The fourth-order valence-electron chi connectivity index (χ4n) is 0.790. The Bertz CT molecular complexity index is 443. The maximum absolute atomic E-state index is 11.0. The van der Waals surface area contributed by atoms with E-state index in [9.17, 15) is 14.4 Å². The highest BCUT2D eigenvalue weighted by Gasteiger charge is 2.28. The highest BCUT2D eigenvalue weighted by Crippen LogP contribution is 2.16. The molecule has 13 heavy (non-hydrogen) atoms. The second kappa shape index (κ2) is 2.65. The molecule has 1 aliphatic rings. The average molecular weight is 189 g/mol. The van der Waals surface area contributed by atoms with Crippen molar-refractivity contribution >= 4 is 0 Å². The van der Waals surface area contributed by atoms with E-state index in [-0.39, 0.29) is 0 Å². The van der Waals surface area contributed by atoms with Crippen LogP contribution in [0.5, 0.6) is 0 Å². The summed E-state index contributed by atoms with van der Waals surface area (Å²) in [5.41, 5.74) is -2.78. The number of nitrogens with one attached hydrogen (secondary N) is 2. The van der Waals surface area contributed by atoms with Crippen molar-refractivity contribution in [1.29, 1.82) is 0 Å². The Balaban J connectivity index is 2.62. The van der Waals surface area contributed by atoms with Crippen molar-refractivity contribution in [1.82, 2.24) is 14.5 Å². The van der Waals surface area contributed by atoms with Gasteiger partial charge in [-0.3, -0.25) is 9.97 Å². The molecular formula is C4H3N3O6. The molecule has 1 aliphatic heterocycles. The summed E-state index contributed by atoms with van der Waals surface area (Å²) >= 11 is 0. The first kappa shape index (κ1) is 7.91. The summed E-state index contributed by atoms with van der Waals surface area (Å²) in [7, 11) is 0. The molecule has 2 N–H and O–H groups in total. The van der Waals surface area contributed by atoms with E-state index in [4.69, 9.17) is 0 Å². The first-order valence-corrected chi connectivity index (χ1v) is 3.12. The van der Waals surface area contributed by atoms with Crippen LogP contribution < -0.4 is 17.1 Å². The van der Waals surface area contributed by atoms with Crippen LogP contribution >= 0.6 is 0 Å². The normalized spacial score (nSPS) is 16.9. The quantitative estimate of drug-likeness (QED) is 0.474. The smallest absolute Gasteiger partial charge is 0.259 e. The minimum absolute atomic E-state index is 0.505. The van der Waals surface area contributed by atoms with Crippen molar-refractivity contribution in [2.45, 2.75) is 6.41 Å². The zero-order valence-electron chi connectivity index (χ0n) is 5.97. The van der Waals surface area contributed by atoms with Gasteiger partial charge in [0.25, 0.3) is 0 Å². The van der Waals surface area contributed by atoms with E-state index in [2.05, 4.69) is 14.8 Å². The van der Waals surface area contributed by atoms with Gasteiger partial charge < -0.3 is 0 Å². The van der Waals surface area contributed by atoms with E-state index in [0.29, 0.717) is 4.57 Å². The molecule has 0 aliphatic carbocycles. The maximum atomic E-state index is 11.0. The number of hydrogen-bond donors (Lipinski definition) is 2. The number of aromatic nitrogens is 3. The molecule has 1 aromatic rings. The largest absolute Gasteiger partial charge is 0.337 e. The molecular weight excluding hydrogens is 186 g/mol. The Labute approximate surface area is 68.3 Å². The van der Waals surface area contributed by atoms with Crippen LogP contribution in [0, 0.1) is 0 Å². The topological polar surface area (TPSA) is 115 Å². The molecule has 70 valence electrons. The van der Waals surface area contributed by atoms with Gasteiger partial charge in [-0.2, -0.15) is 4.57 Å². The molecule has 0 aromatic carbocycles. The van der Waals surface area contributed by atoms with E-state index in [1.807, 2.05) is 9.97 Å². The third kappa shape index (κ3) is 1.20. The van der Waals surface area contributed by atoms with Crippen molar-refractivity contribution in [3.8, 4) is 0 Å². The lowest BCUT2D eigenvalue weighted by Gasteiger charge is -2.21. The zero-order chi connectivity index (χ0) is 9.42. The lowest BCUT2D eigenvalue weighted by Crippen LogP contribution is -2.48. The number of H-pyrrole nitrogens is 2. The number of nitrogens with zero attached hydrogens (tertiary/aromatic N) is 1. The third-order valence-corrected chi connectivity index (χ3v) is 1.33. The number of rotatable bonds is 1. The molecule has 0 radical (unpaired) electrons. The summed E-state index contributed by atoms with van der Waals surface area (Å²) in [4.78, 5) is 44.5. The summed E-state index contributed by atoms with van der Waals surface area (Å²) in [5, 5.41) is 3.82. The Morgan fingerprint density at radius 1 is 1.08 bits per heavy atom. The van der Waals surface area contributed by atoms with Gasteiger partial charge in [-0.05, 0) is 0 Å². The molecule has 2 heterocycles. The highest BCUT2D eigenvalue weighted by molar-refractivity contribution is 4.69. The first-order valence-electron chi connectivity index (χ1n) is 3.12. The van der Waals surface area contributed by atoms with E-state index in [1.165, 1.54) is 0 Å². The molecule has 2 rings (SSSR count). The molecule has 9 nitrogen and oxygen atoms in total. The maximum Gasteiger partial charge on any atom is 0.337 e. The molecule has 0 spiro atoms. The molecule has 1 fully saturated rings. The Kier molecular flexibility index (Phi) is 1.62.